The Morgan fingerprint density at radius 1 is 1.28 bits per heavy atom. The van der Waals surface area contributed by atoms with E-state index in [0.717, 1.165) is 36.9 Å². The fourth-order valence-electron chi connectivity index (χ4n) is 4.48. The van der Waals surface area contributed by atoms with Crippen LogP contribution in [0.15, 0.2) is 23.1 Å². The molecule has 1 amide bonds. The number of sulfonamides is 1. The average Bonchev–Trinajstić information content (AvgIpc) is 3.08. The van der Waals surface area contributed by atoms with Gasteiger partial charge in [-0.2, -0.15) is 4.31 Å². The fourth-order valence-corrected chi connectivity index (χ4v) is 5.96. The number of likely N-dealkylation sites (tertiary alicyclic amines) is 1. The lowest BCUT2D eigenvalue weighted by molar-refractivity contribution is -0.121. The number of aryl methyl sites for hydroxylation is 2. The number of carbonyl (C=O) groups is 1. The van der Waals surface area contributed by atoms with Crippen molar-refractivity contribution in [1.29, 1.82) is 0 Å². The van der Waals surface area contributed by atoms with E-state index in [1.54, 1.807) is 18.2 Å². The minimum Gasteiger partial charge on any atom is -0.355 e. The zero-order valence-electron chi connectivity index (χ0n) is 19.8. The summed E-state index contributed by atoms with van der Waals surface area (Å²) in [5.74, 6) is 1.53. The van der Waals surface area contributed by atoms with Gasteiger partial charge in [-0.3, -0.25) is 4.79 Å². The van der Waals surface area contributed by atoms with Gasteiger partial charge in [-0.15, -0.1) is 0 Å². The van der Waals surface area contributed by atoms with Crippen LogP contribution in [0.25, 0.3) is 11.0 Å². The van der Waals surface area contributed by atoms with Crippen LogP contribution >= 0.6 is 0 Å². The SMILES string of the molecule is CCN(CC)S(=O)(=O)c1ccc2c(c1)nc(CCC(=O)NCCN1CCCC(C)C1)n2C. The Morgan fingerprint density at radius 2 is 2.03 bits per heavy atom. The number of amides is 1. The Kier molecular flexibility index (Phi) is 8.30. The van der Waals surface area contributed by atoms with E-state index < -0.39 is 10.0 Å². The molecule has 32 heavy (non-hydrogen) atoms. The predicted molar refractivity (Wildman–Crippen MR) is 127 cm³/mol. The maximum absolute atomic E-state index is 12.8. The summed E-state index contributed by atoms with van der Waals surface area (Å²) in [7, 11) is -1.63. The van der Waals surface area contributed by atoms with Crippen molar-refractivity contribution in [2.45, 2.75) is 51.3 Å². The highest BCUT2D eigenvalue weighted by Crippen LogP contribution is 2.23. The van der Waals surface area contributed by atoms with Gasteiger partial charge >= 0.3 is 0 Å². The molecule has 1 fully saturated rings. The van der Waals surface area contributed by atoms with Gasteiger partial charge in [-0.05, 0) is 43.5 Å². The lowest BCUT2D eigenvalue weighted by Crippen LogP contribution is -2.40. The third-order valence-corrected chi connectivity index (χ3v) is 8.40. The Bertz CT molecular complexity index is 1030. The number of nitrogens with one attached hydrogen (secondary N) is 1. The number of piperidine rings is 1. The molecule has 1 aliphatic heterocycles. The number of benzene rings is 1. The fraction of sp³-hybridized carbons (Fsp3) is 0.652. The van der Waals surface area contributed by atoms with Crippen molar-refractivity contribution in [2.75, 3.05) is 39.3 Å². The lowest BCUT2D eigenvalue weighted by atomic mass is 10.0. The zero-order chi connectivity index (χ0) is 23.3. The van der Waals surface area contributed by atoms with E-state index >= 15 is 0 Å². The van der Waals surface area contributed by atoms with Gasteiger partial charge in [0.05, 0.1) is 15.9 Å². The van der Waals surface area contributed by atoms with Crippen LogP contribution in [0.4, 0.5) is 0 Å². The molecule has 2 aromatic rings. The summed E-state index contributed by atoms with van der Waals surface area (Å²) < 4.78 is 29.0. The summed E-state index contributed by atoms with van der Waals surface area (Å²) >= 11 is 0. The zero-order valence-corrected chi connectivity index (χ0v) is 20.6. The number of aromatic nitrogens is 2. The van der Waals surface area contributed by atoms with Gasteiger partial charge in [-0.1, -0.05) is 20.8 Å². The monoisotopic (exact) mass is 463 g/mol. The Hall–Kier alpha value is -1.97. The molecule has 0 saturated carbocycles. The highest BCUT2D eigenvalue weighted by atomic mass is 32.2. The molecule has 1 saturated heterocycles. The van der Waals surface area contributed by atoms with E-state index in [-0.39, 0.29) is 10.8 Å². The molecule has 1 aromatic carbocycles. The van der Waals surface area contributed by atoms with Crippen LogP contribution in [0.5, 0.6) is 0 Å². The van der Waals surface area contributed by atoms with Crippen LogP contribution in [0.1, 0.15) is 45.9 Å². The number of nitrogens with zero attached hydrogens (tertiary/aromatic N) is 4. The van der Waals surface area contributed by atoms with Gasteiger partial charge in [0.25, 0.3) is 0 Å². The van der Waals surface area contributed by atoms with Crippen LogP contribution in [-0.4, -0.2) is 72.3 Å². The molecule has 1 aliphatic rings. The quantitative estimate of drug-likeness (QED) is 0.585. The Labute approximate surface area is 192 Å². The largest absolute Gasteiger partial charge is 0.355 e. The average molecular weight is 464 g/mol. The van der Waals surface area contributed by atoms with Crippen LogP contribution in [0, 0.1) is 5.92 Å². The molecule has 3 rings (SSSR count). The molecule has 178 valence electrons. The van der Waals surface area contributed by atoms with Gasteiger partial charge in [0, 0.05) is 52.6 Å². The predicted octanol–water partition coefficient (Wildman–Crippen LogP) is 2.38. The first-order chi connectivity index (χ1) is 15.3. The number of hydrogen-bond acceptors (Lipinski definition) is 5. The molecule has 9 heteroatoms. The number of imidazole rings is 1. The van der Waals surface area contributed by atoms with E-state index in [9.17, 15) is 13.2 Å². The molecular weight excluding hydrogens is 426 g/mol. The van der Waals surface area contributed by atoms with E-state index in [0.29, 0.717) is 38.0 Å². The summed E-state index contributed by atoms with van der Waals surface area (Å²) in [6.45, 7) is 10.6. The first-order valence-corrected chi connectivity index (χ1v) is 13.1. The Morgan fingerprint density at radius 3 is 2.72 bits per heavy atom. The van der Waals surface area contributed by atoms with Gasteiger partial charge in [0.15, 0.2) is 0 Å². The van der Waals surface area contributed by atoms with E-state index in [4.69, 9.17) is 0 Å². The summed E-state index contributed by atoms with van der Waals surface area (Å²) in [6, 6.07) is 5.06. The first kappa shape index (κ1) is 24.7. The van der Waals surface area contributed by atoms with Crippen LogP contribution in [0.2, 0.25) is 0 Å². The van der Waals surface area contributed by atoms with Crippen LogP contribution < -0.4 is 5.32 Å². The van der Waals surface area contributed by atoms with Crippen molar-refractivity contribution in [3.8, 4) is 0 Å². The van der Waals surface area contributed by atoms with Crippen molar-refractivity contribution in [3.63, 3.8) is 0 Å². The minimum atomic E-state index is -3.53. The molecule has 2 heterocycles. The summed E-state index contributed by atoms with van der Waals surface area (Å²) in [4.78, 5) is 19.6. The molecule has 0 spiro atoms. The standard InChI is InChI=1S/C23H37N5O3S/c1-5-28(6-2)32(30,31)19-9-10-21-20(16-19)25-22(26(21)4)11-12-23(29)24-13-15-27-14-7-8-18(3)17-27/h9-10,16,18H,5-8,11-15,17H2,1-4H3,(H,24,29). The molecule has 1 N–H and O–H groups in total. The molecule has 1 aromatic heterocycles. The van der Waals surface area contributed by atoms with Gasteiger partial charge in [0.1, 0.15) is 5.82 Å². The van der Waals surface area contributed by atoms with E-state index in [1.807, 2.05) is 25.5 Å². The summed E-state index contributed by atoms with van der Waals surface area (Å²) in [6.07, 6.45) is 3.40. The molecule has 1 atom stereocenters. The highest BCUT2D eigenvalue weighted by molar-refractivity contribution is 7.89. The van der Waals surface area contributed by atoms with Crippen LogP contribution in [0.3, 0.4) is 0 Å². The van der Waals surface area contributed by atoms with Crippen molar-refractivity contribution in [3.05, 3.63) is 24.0 Å². The van der Waals surface area contributed by atoms with Crippen molar-refractivity contribution in [1.82, 2.24) is 24.1 Å². The first-order valence-electron chi connectivity index (χ1n) is 11.7. The van der Waals surface area contributed by atoms with Crippen molar-refractivity contribution < 1.29 is 13.2 Å². The summed E-state index contributed by atoms with van der Waals surface area (Å²) in [5, 5.41) is 3.02. The second-order valence-corrected chi connectivity index (χ2v) is 10.7. The van der Waals surface area contributed by atoms with Crippen molar-refractivity contribution >= 4 is 27.0 Å². The molecule has 0 radical (unpaired) electrons. The molecule has 1 unspecified atom stereocenters. The minimum absolute atomic E-state index is 0.0203. The summed E-state index contributed by atoms with van der Waals surface area (Å²) in [5.41, 5.74) is 1.49. The smallest absolute Gasteiger partial charge is 0.243 e. The third kappa shape index (κ3) is 5.68. The van der Waals surface area contributed by atoms with E-state index in [1.165, 1.54) is 17.1 Å². The number of hydrogen-bond donors (Lipinski definition) is 1. The normalized spacial score (nSPS) is 17.8. The lowest BCUT2D eigenvalue weighted by Gasteiger charge is -2.30. The second-order valence-electron chi connectivity index (χ2n) is 8.72. The maximum Gasteiger partial charge on any atom is 0.243 e. The van der Waals surface area contributed by atoms with Gasteiger partial charge in [0.2, 0.25) is 15.9 Å². The number of fused-ring (bicyclic) bond motifs is 1. The molecular formula is C23H37N5O3S. The topological polar surface area (TPSA) is 87.5 Å². The highest BCUT2D eigenvalue weighted by Gasteiger charge is 2.23. The second kappa shape index (κ2) is 10.8. The maximum atomic E-state index is 12.8. The Balaban J connectivity index is 1.59. The number of carbonyl (C=O) groups excluding carboxylic acids is 1. The molecule has 0 aliphatic carbocycles. The van der Waals surface area contributed by atoms with Crippen molar-refractivity contribution in [2.24, 2.45) is 13.0 Å². The molecule has 8 nitrogen and oxygen atoms in total. The van der Waals surface area contributed by atoms with Crippen LogP contribution in [-0.2, 0) is 28.3 Å². The number of rotatable bonds is 10. The van der Waals surface area contributed by atoms with Gasteiger partial charge in [-0.25, -0.2) is 13.4 Å². The van der Waals surface area contributed by atoms with Gasteiger partial charge < -0.3 is 14.8 Å². The third-order valence-electron chi connectivity index (χ3n) is 6.36. The molecule has 0 bridgehead atoms. The van der Waals surface area contributed by atoms with E-state index in [2.05, 4.69) is 22.1 Å².